The number of nitrogens with one attached hydrogen (secondary N) is 2. The van der Waals surface area contributed by atoms with Crippen molar-refractivity contribution in [2.45, 2.75) is 19.8 Å². The lowest BCUT2D eigenvalue weighted by Gasteiger charge is -2.10. The lowest BCUT2D eigenvalue weighted by atomic mass is 10.0. The van der Waals surface area contributed by atoms with Gasteiger partial charge in [-0.3, -0.25) is 10.1 Å². The van der Waals surface area contributed by atoms with Crippen molar-refractivity contribution in [3.8, 4) is 17.2 Å². The third kappa shape index (κ3) is 4.78. The van der Waals surface area contributed by atoms with Crippen LogP contribution in [0.1, 0.15) is 35.7 Å². The van der Waals surface area contributed by atoms with Gasteiger partial charge < -0.3 is 14.5 Å². The fourth-order valence-electron chi connectivity index (χ4n) is 3.24. The Bertz CT molecular complexity index is 1280. The van der Waals surface area contributed by atoms with Crippen molar-refractivity contribution in [3.63, 3.8) is 0 Å². The summed E-state index contributed by atoms with van der Waals surface area (Å²) in [5.74, 6) is 1.37. The summed E-state index contributed by atoms with van der Waals surface area (Å²) in [5.41, 5.74) is 4.56. The molecule has 4 rings (SSSR count). The van der Waals surface area contributed by atoms with Gasteiger partial charge >= 0.3 is 0 Å². The van der Waals surface area contributed by atoms with E-state index in [4.69, 9.17) is 21.4 Å². The number of oxazole rings is 1. The number of carbonyl (C=O) groups excluding carboxylic acids is 1. The number of thiocarbonyl (C=S) groups is 1. The number of amides is 1. The molecule has 0 aliphatic rings. The number of ether oxygens (including phenoxy) is 1. The third-order valence-corrected chi connectivity index (χ3v) is 5.23. The standard InChI is InChI=1S/C25H23N3O3S/c1-15(2)16-7-9-17(10-8-16)23(29)28-25(32)26-19-11-12-22-21(14-19)27-24(31-22)18-5-4-6-20(13-18)30-3/h4-15H,1-3H3,(H2,26,28,29,32). The summed E-state index contributed by atoms with van der Waals surface area (Å²) < 4.78 is 11.1. The number of hydrogen-bond donors (Lipinski definition) is 2. The first-order chi connectivity index (χ1) is 15.4. The molecule has 0 aliphatic carbocycles. The molecule has 0 aliphatic heterocycles. The molecule has 0 fully saturated rings. The SMILES string of the molecule is COc1cccc(-c2nc3cc(NC(=S)NC(=O)c4ccc(C(C)C)cc4)ccc3o2)c1. The monoisotopic (exact) mass is 445 g/mol. The zero-order valence-electron chi connectivity index (χ0n) is 18.0. The van der Waals surface area contributed by atoms with E-state index in [9.17, 15) is 4.79 Å². The molecule has 1 amide bonds. The van der Waals surface area contributed by atoms with E-state index in [1.54, 1.807) is 19.2 Å². The van der Waals surface area contributed by atoms with Crippen molar-refractivity contribution in [2.24, 2.45) is 0 Å². The maximum Gasteiger partial charge on any atom is 0.257 e. The molecule has 1 heterocycles. The summed E-state index contributed by atoms with van der Waals surface area (Å²) in [5, 5.41) is 5.95. The fraction of sp³-hybridized carbons (Fsp3) is 0.160. The zero-order chi connectivity index (χ0) is 22.7. The minimum atomic E-state index is -0.263. The van der Waals surface area contributed by atoms with Gasteiger partial charge in [-0.15, -0.1) is 0 Å². The van der Waals surface area contributed by atoms with E-state index in [0.717, 1.165) is 11.3 Å². The number of benzene rings is 3. The van der Waals surface area contributed by atoms with Crippen LogP contribution in [0.4, 0.5) is 5.69 Å². The van der Waals surface area contributed by atoms with Gasteiger partial charge in [-0.1, -0.05) is 32.0 Å². The minimum Gasteiger partial charge on any atom is -0.497 e. The van der Waals surface area contributed by atoms with Crippen molar-refractivity contribution in [1.82, 2.24) is 10.3 Å². The first-order valence-electron chi connectivity index (χ1n) is 10.2. The third-order valence-electron chi connectivity index (χ3n) is 5.03. The molecule has 6 nitrogen and oxygen atoms in total. The Morgan fingerprint density at radius 3 is 2.56 bits per heavy atom. The van der Waals surface area contributed by atoms with Crippen LogP contribution >= 0.6 is 12.2 Å². The Balaban J connectivity index is 1.45. The van der Waals surface area contributed by atoms with Crippen LogP contribution in [0.15, 0.2) is 71.1 Å². The van der Waals surface area contributed by atoms with Crippen LogP contribution in [0.25, 0.3) is 22.6 Å². The highest BCUT2D eigenvalue weighted by molar-refractivity contribution is 7.80. The van der Waals surface area contributed by atoms with Gasteiger partial charge in [0.15, 0.2) is 10.7 Å². The summed E-state index contributed by atoms with van der Waals surface area (Å²) in [7, 11) is 1.62. The van der Waals surface area contributed by atoms with Crippen LogP contribution in [0.2, 0.25) is 0 Å². The van der Waals surface area contributed by atoms with E-state index in [0.29, 0.717) is 34.2 Å². The summed E-state index contributed by atoms with van der Waals surface area (Å²) >= 11 is 5.31. The number of rotatable bonds is 5. The molecule has 0 unspecified atom stereocenters. The van der Waals surface area contributed by atoms with Crippen LogP contribution in [-0.2, 0) is 0 Å². The maximum absolute atomic E-state index is 12.5. The van der Waals surface area contributed by atoms with Crippen molar-refractivity contribution >= 4 is 40.0 Å². The Labute approximate surface area is 191 Å². The first-order valence-corrected chi connectivity index (χ1v) is 10.6. The molecule has 4 aromatic rings. The predicted molar refractivity (Wildman–Crippen MR) is 130 cm³/mol. The van der Waals surface area contributed by atoms with Crippen molar-refractivity contribution < 1.29 is 13.9 Å². The smallest absolute Gasteiger partial charge is 0.257 e. The van der Waals surface area contributed by atoms with Crippen LogP contribution in [0, 0.1) is 0 Å². The number of carbonyl (C=O) groups is 1. The summed E-state index contributed by atoms with van der Waals surface area (Å²) in [6.45, 7) is 4.22. The van der Waals surface area contributed by atoms with Gasteiger partial charge in [0.2, 0.25) is 5.89 Å². The Hall–Kier alpha value is -3.71. The van der Waals surface area contributed by atoms with E-state index in [2.05, 4.69) is 29.5 Å². The highest BCUT2D eigenvalue weighted by Gasteiger charge is 2.12. The topological polar surface area (TPSA) is 76.4 Å². The van der Waals surface area contributed by atoms with Gasteiger partial charge in [-0.2, -0.15) is 0 Å². The molecule has 32 heavy (non-hydrogen) atoms. The van der Waals surface area contributed by atoms with Gasteiger partial charge in [-0.25, -0.2) is 4.98 Å². The number of nitrogens with zero attached hydrogens (tertiary/aromatic N) is 1. The quantitative estimate of drug-likeness (QED) is 0.381. The lowest BCUT2D eigenvalue weighted by molar-refractivity contribution is 0.0977. The summed E-state index contributed by atoms with van der Waals surface area (Å²) in [4.78, 5) is 17.0. The first kappa shape index (κ1) is 21.5. The second kappa shape index (κ2) is 9.20. The van der Waals surface area contributed by atoms with Crippen LogP contribution < -0.4 is 15.4 Å². The van der Waals surface area contributed by atoms with E-state index >= 15 is 0 Å². The summed E-state index contributed by atoms with van der Waals surface area (Å²) in [6.07, 6.45) is 0. The van der Waals surface area contributed by atoms with Crippen LogP contribution in [0.3, 0.4) is 0 Å². The molecule has 0 saturated carbocycles. The molecule has 0 spiro atoms. The molecule has 0 radical (unpaired) electrons. The zero-order valence-corrected chi connectivity index (χ0v) is 18.8. The van der Waals surface area contributed by atoms with Crippen molar-refractivity contribution in [1.29, 1.82) is 0 Å². The van der Waals surface area contributed by atoms with Gasteiger partial charge in [-0.05, 0) is 72.2 Å². The molecular weight excluding hydrogens is 422 g/mol. The highest BCUT2D eigenvalue weighted by atomic mass is 32.1. The van der Waals surface area contributed by atoms with Crippen LogP contribution in [-0.4, -0.2) is 23.1 Å². The Morgan fingerprint density at radius 2 is 1.84 bits per heavy atom. The lowest BCUT2D eigenvalue weighted by Crippen LogP contribution is -2.34. The van der Waals surface area contributed by atoms with Gasteiger partial charge in [0.1, 0.15) is 11.3 Å². The van der Waals surface area contributed by atoms with Crippen molar-refractivity contribution in [3.05, 3.63) is 77.9 Å². The Kier molecular flexibility index (Phi) is 6.18. The number of methoxy groups -OCH3 is 1. The normalized spacial score (nSPS) is 10.9. The number of fused-ring (bicyclic) bond motifs is 1. The molecule has 1 aromatic heterocycles. The predicted octanol–water partition coefficient (Wildman–Crippen LogP) is 5.75. The Morgan fingerprint density at radius 1 is 1.06 bits per heavy atom. The number of anilines is 1. The average molecular weight is 446 g/mol. The molecule has 162 valence electrons. The average Bonchev–Trinajstić information content (AvgIpc) is 3.22. The fourth-order valence-corrected chi connectivity index (χ4v) is 3.45. The number of aromatic nitrogens is 1. The van der Waals surface area contributed by atoms with E-state index in [-0.39, 0.29) is 11.0 Å². The largest absolute Gasteiger partial charge is 0.497 e. The van der Waals surface area contributed by atoms with Gasteiger partial charge in [0.25, 0.3) is 5.91 Å². The number of hydrogen-bond acceptors (Lipinski definition) is 5. The molecule has 7 heteroatoms. The maximum atomic E-state index is 12.5. The van der Waals surface area contributed by atoms with E-state index in [1.807, 2.05) is 54.6 Å². The minimum absolute atomic E-state index is 0.207. The van der Waals surface area contributed by atoms with Gasteiger partial charge in [0.05, 0.1) is 7.11 Å². The molecule has 0 saturated heterocycles. The van der Waals surface area contributed by atoms with E-state index < -0.39 is 0 Å². The molecule has 0 bridgehead atoms. The second-order valence-electron chi connectivity index (χ2n) is 7.62. The highest BCUT2D eigenvalue weighted by Crippen LogP contribution is 2.28. The second-order valence-corrected chi connectivity index (χ2v) is 8.03. The molecule has 2 N–H and O–H groups in total. The molecule has 0 atom stereocenters. The van der Waals surface area contributed by atoms with Gasteiger partial charge in [0, 0.05) is 16.8 Å². The molecule has 3 aromatic carbocycles. The summed E-state index contributed by atoms with van der Waals surface area (Å²) in [6, 6.07) is 20.5. The molecular formula is C25H23N3O3S. The van der Waals surface area contributed by atoms with Crippen LogP contribution in [0.5, 0.6) is 5.75 Å². The van der Waals surface area contributed by atoms with Crippen molar-refractivity contribution in [2.75, 3.05) is 12.4 Å². The van der Waals surface area contributed by atoms with E-state index in [1.165, 1.54) is 5.56 Å².